The summed E-state index contributed by atoms with van der Waals surface area (Å²) in [5.41, 5.74) is 1.69. The van der Waals surface area contributed by atoms with Crippen LogP contribution in [0.25, 0.3) is 0 Å². The van der Waals surface area contributed by atoms with Crippen LogP contribution in [0.3, 0.4) is 0 Å². The Morgan fingerprint density at radius 3 is 2.69 bits per heavy atom. The van der Waals surface area contributed by atoms with Gasteiger partial charge in [0.25, 0.3) is 0 Å². The number of unbranched alkanes of at least 4 members (excludes halogenated alkanes) is 2. The van der Waals surface area contributed by atoms with E-state index < -0.39 is 28.2 Å². The molecule has 32 heavy (non-hydrogen) atoms. The molecule has 1 atom stereocenters. The van der Waals surface area contributed by atoms with Crippen LogP contribution in [0.2, 0.25) is 0 Å². The molecule has 8 nitrogen and oxygen atoms in total. The number of carbonyl (C=O) groups is 2. The summed E-state index contributed by atoms with van der Waals surface area (Å²) in [7, 11) is 0. The van der Waals surface area contributed by atoms with Gasteiger partial charge in [-0.3, -0.25) is 14.9 Å². The average molecular weight is 443 g/mol. The van der Waals surface area contributed by atoms with E-state index in [0.29, 0.717) is 29.7 Å². The van der Waals surface area contributed by atoms with Crippen LogP contribution >= 0.6 is 0 Å². The molecule has 0 bridgehead atoms. The van der Waals surface area contributed by atoms with Crippen molar-refractivity contribution in [1.82, 2.24) is 5.32 Å². The highest BCUT2D eigenvalue weighted by atomic mass is 16.6. The highest BCUT2D eigenvalue weighted by Crippen LogP contribution is 2.47. The molecule has 3 rings (SSSR count). The number of nitro benzene ring substituents is 1. The van der Waals surface area contributed by atoms with Gasteiger partial charge < -0.3 is 15.2 Å². The number of allylic oxidation sites excluding steroid dienone is 3. The van der Waals surface area contributed by atoms with Gasteiger partial charge in [0.1, 0.15) is 0 Å². The Balaban J connectivity index is 2.11. The highest BCUT2D eigenvalue weighted by Gasteiger charge is 2.43. The van der Waals surface area contributed by atoms with E-state index in [1.807, 2.05) is 13.8 Å². The molecule has 2 aliphatic rings. The molecule has 0 unspecified atom stereocenters. The first-order valence-corrected chi connectivity index (χ1v) is 10.9. The van der Waals surface area contributed by atoms with Gasteiger partial charge in [0.15, 0.2) is 11.5 Å². The summed E-state index contributed by atoms with van der Waals surface area (Å²) in [5.74, 6) is -1.92. The van der Waals surface area contributed by atoms with Crippen molar-refractivity contribution in [3.05, 3.63) is 56.4 Å². The number of phenolic OH excluding ortho intramolecular Hbond substituents is 1. The summed E-state index contributed by atoms with van der Waals surface area (Å²) in [6.07, 6.45) is 3.57. The van der Waals surface area contributed by atoms with Crippen LogP contribution in [0, 0.1) is 15.5 Å². The lowest BCUT2D eigenvalue weighted by Crippen LogP contribution is -2.38. The molecule has 0 amide bonds. The summed E-state index contributed by atoms with van der Waals surface area (Å²) < 4.78 is 5.51. The predicted octanol–water partition coefficient (Wildman–Crippen LogP) is 4.64. The minimum atomic E-state index is -0.798. The first kappa shape index (κ1) is 23.5. The number of aromatic hydroxyl groups is 1. The summed E-state index contributed by atoms with van der Waals surface area (Å²) in [4.78, 5) is 37.1. The Hall–Kier alpha value is -3.16. The number of dihydropyridines is 1. The van der Waals surface area contributed by atoms with Gasteiger partial charge in [0, 0.05) is 35.4 Å². The van der Waals surface area contributed by atoms with Crippen LogP contribution < -0.4 is 5.32 Å². The molecule has 0 aromatic heterocycles. The third kappa shape index (κ3) is 4.69. The zero-order valence-electron chi connectivity index (χ0n) is 19.0. The quantitative estimate of drug-likeness (QED) is 0.273. The number of phenols is 1. The van der Waals surface area contributed by atoms with Gasteiger partial charge in [-0.25, -0.2) is 4.79 Å². The Kier molecular flexibility index (Phi) is 6.71. The Labute approximate surface area is 187 Å². The van der Waals surface area contributed by atoms with Crippen molar-refractivity contribution >= 4 is 17.4 Å². The van der Waals surface area contributed by atoms with Gasteiger partial charge in [-0.05, 0) is 36.8 Å². The Morgan fingerprint density at radius 1 is 1.31 bits per heavy atom. The number of nitro groups is 1. The van der Waals surface area contributed by atoms with Gasteiger partial charge in [-0.2, -0.15) is 0 Å². The molecule has 0 saturated carbocycles. The number of nitrogens with zero attached hydrogens (tertiary/aromatic N) is 1. The van der Waals surface area contributed by atoms with E-state index in [9.17, 15) is 24.8 Å². The van der Waals surface area contributed by atoms with Crippen molar-refractivity contribution in [2.45, 2.75) is 65.7 Å². The maximum atomic E-state index is 13.2. The van der Waals surface area contributed by atoms with Crippen LogP contribution in [0.4, 0.5) is 5.69 Å². The van der Waals surface area contributed by atoms with Gasteiger partial charge in [-0.15, -0.1) is 0 Å². The van der Waals surface area contributed by atoms with E-state index in [-0.39, 0.29) is 23.4 Å². The number of Topliss-reactive ketones (excluding diaryl/α,β-unsaturated/α-hetero) is 1. The number of esters is 1. The number of rotatable bonds is 7. The van der Waals surface area contributed by atoms with Crippen LogP contribution in [0.15, 0.2) is 40.7 Å². The summed E-state index contributed by atoms with van der Waals surface area (Å²) >= 11 is 0. The highest BCUT2D eigenvalue weighted by molar-refractivity contribution is 6.04. The molecule has 0 radical (unpaired) electrons. The van der Waals surface area contributed by atoms with Crippen molar-refractivity contribution in [1.29, 1.82) is 0 Å². The first-order chi connectivity index (χ1) is 15.1. The lowest BCUT2D eigenvalue weighted by atomic mass is 9.68. The summed E-state index contributed by atoms with van der Waals surface area (Å²) in [6, 6.07) is 3.99. The average Bonchev–Trinajstić information content (AvgIpc) is 2.69. The Bertz CT molecular complexity index is 1020. The van der Waals surface area contributed by atoms with Gasteiger partial charge >= 0.3 is 11.7 Å². The third-order valence-corrected chi connectivity index (χ3v) is 5.97. The summed E-state index contributed by atoms with van der Waals surface area (Å²) in [5, 5.41) is 24.6. The van der Waals surface area contributed by atoms with Crippen LogP contribution in [-0.4, -0.2) is 28.4 Å². The minimum Gasteiger partial charge on any atom is -0.502 e. The van der Waals surface area contributed by atoms with Crippen molar-refractivity contribution in [2.24, 2.45) is 5.41 Å². The van der Waals surface area contributed by atoms with E-state index >= 15 is 0 Å². The number of hydrogen-bond acceptors (Lipinski definition) is 7. The zero-order valence-corrected chi connectivity index (χ0v) is 19.0. The monoisotopic (exact) mass is 442 g/mol. The molecular weight excluding hydrogens is 412 g/mol. The molecule has 1 aliphatic carbocycles. The zero-order chi connectivity index (χ0) is 23.6. The molecule has 0 spiro atoms. The van der Waals surface area contributed by atoms with E-state index in [1.54, 1.807) is 6.92 Å². The van der Waals surface area contributed by atoms with Crippen molar-refractivity contribution < 1.29 is 24.4 Å². The lowest BCUT2D eigenvalue weighted by molar-refractivity contribution is -0.385. The minimum absolute atomic E-state index is 0.103. The normalized spacial score (nSPS) is 20.0. The maximum Gasteiger partial charge on any atom is 0.336 e. The Morgan fingerprint density at radius 2 is 2.03 bits per heavy atom. The van der Waals surface area contributed by atoms with Crippen LogP contribution in [0.5, 0.6) is 5.75 Å². The standard InChI is InChI=1S/C24H30N2O6/c1-5-6-7-10-32-23(29)20-14(2)25-16-12-24(3,4)13-19(28)22(16)21(20)15-8-9-18(27)17(11-15)26(30)31/h8-9,11,21,25,27H,5-7,10,12-13H2,1-4H3/t21-/m1/s1. The fourth-order valence-electron chi connectivity index (χ4n) is 4.50. The van der Waals surface area contributed by atoms with Crippen molar-refractivity contribution in [3.8, 4) is 5.75 Å². The molecule has 0 fully saturated rings. The fourth-order valence-corrected chi connectivity index (χ4v) is 4.50. The van der Waals surface area contributed by atoms with E-state index in [0.717, 1.165) is 25.0 Å². The molecule has 1 aliphatic heterocycles. The molecular formula is C24H30N2O6. The summed E-state index contributed by atoms with van der Waals surface area (Å²) in [6.45, 7) is 8.08. The first-order valence-electron chi connectivity index (χ1n) is 10.9. The number of benzene rings is 1. The topological polar surface area (TPSA) is 119 Å². The molecule has 1 aromatic rings. The molecule has 172 valence electrons. The lowest BCUT2D eigenvalue weighted by Gasteiger charge is -2.39. The third-order valence-electron chi connectivity index (χ3n) is 5.97. The molecule has 1 heterocycles. The van der Waals surface area contributed by atoms with E-state index in [4.69, 9.17) is 4.74 Å². The smallest absolute Gasteiger partial charge is 0.336 e. The number of ketones is 1. The van der Waals surface area contributed by atoms with Gasteiger partial charge in [0.2, 0.25) is 0 Å². The van der Waals surface area contributed by atoms with Crippen molar-refractivity contribution in [3.63, 3.8) is 0 Å². The van der Waals surface area contributed by atoms with Gasteiger partial charge in [0.05, 0.1) is 17.1 Å². The maximum absolute atomic E-state index is 13.2. The largest absolute Gasteiger partial charge is 0.502 e. The van der Waals surface area contributed by atoms with Gasteiger partial charge in [-0.1, -0.05) is 39.7 Å². The predicted molar refractivity (Wildman–Crippen MR) is 119 cm³/mol. The fraction of sp³-hybridized carbons (Fsp3) is 0.500. The molecule has 2 N–H and O–H groups in total. The molecule has 0 saturated heterocycles. The second kappa shape index (κ2) is 9.14. The van der Waals surface area contributed by atoms with E-state index in [1.165, 1.54) is 18.2 Å². The number of hydrogen-bond donors (Lipinski definition) is 2. The number of carbonyl (C=O) groups excluding carboxylic acids is 2. The SMILES string of the molecule is CCCCCOC(=O)C1=C(C)NC2=C(C(=O)CC(C)(C)C2)[C@@H]1c1ccc(O)c([N+](=O)[O-])c1. The second-order valence-corrected chi connectivity index (χ2v) is 9.28. The molecule has 8 heteroatoms. The number of nitrogens with one attached hydrogen (secondary N) is 1. The van der Waals surface area contributed by atoms with E-state index in [2.05, 4.69) is 12.2 Å². The number of ether oxygens (including phenoxy) is 1. The second-order valence-electron chi connectivity index (χ2n) is 9.28. The van der Waals surface area contributed by atoms with Crippen LogP contribution in [-0.2, 0) is 14.3 Å². The van der Waals surface area contributed by atoms with Crippen LogP contribution in [0.1, 0.15) is 71.3 Å². The van der Waals surface area contributed by atoms with Crippen molar-refractivity contribution in [2.75, 3.05) is 6.61 Å². The molecule has 1 aromatic carbocycles.